The number of benzene rings is 2. The number of nitrogens with one attached hydrogen (secondary N) is 1. The van der Waals surface area contributed by atoms with Crippen molar-refractivity contribution >= 4 is 5.91 Å². The number of hydrogen-bond acceptors (Lipinski definition) is 3. The molecule has 0 unspecified atom stereocenters. The zero-order valence-electron chi connectivity index (χ0n) is 16.1. The van der Waals surface area contributed by atoms with E-state index in [-0.39, 0.29) is 23.7 Å². The van der Waals surface area contributed by atoms with E-state index < -0.39 is 0 Å². The summed E-state index contributed by atoms with van der Waals surface area (Å²) < 4.78 is 11.7. The monoisotopic (exact) mass is 353 g/mol. The molecule has 1 heterocycles. The summed E-state index contributed by atoms with van der Waals surface area (Å²) in [4.78, 5) is 12.7. The van der Waals surface area contributed by atoms with Crippen molar-refractivity contribution in [3.05, 3.63) is 59.2 Å². The molecule has 0 saturated heterocycles. The average molecular weight is 353 g/mol. The fourth-order valence-electron chi connectivity index (χ4n) is 3.29. The topological polar surface area (TPSA) is 47.6 Å². The van der Waals surface area contributed by atoms with Crippen molar-refractivity contribution in [2.75, 3.05) is 0 Å². The van der Waals surface area contributed by atoms with Gasteiger partial charge in [0.25, 0.3) is 5.91 Å². The molecule has 2 aromatic rings. The third-order valence-electron chi connectivity index (χ3n) is 4.42. The van der Waals surface area contributed by atoms with Gasteiger partial charge in [0.1, 0.15) is 17.1 Å². The van der Waals surface area contributed by atoms with Gasteiger partial charge in [0.15, 0.2) is 0 Å². The first-order chi connectivity index (χ1) is 12.2. The lowest BCUT2D eigenvalue weighted by molar-refractivity contribution is 0.0619. The number of ether oxygens (including phenoxy) is 2. The Morgan fingerprint density at radius 3 is 2.54 bits per heavy atom. The largest absolute Gasteiger partial charge is 0.491 e. The highest BCUT2D eigenvalue weighted by atomic mass is 16.5. The molecule has 138 valence electrons. The van der Waals surface area contributed by atoms with Crippen LogP contribution in [-0.2, 0) is 0 Å². The molecule has 0 bridgehead atoms. The molecule has 4 nitrogen and oxygen atoms in total. The number of aryl methyl sites for hydroxylation is 1. The first-order valence-corrected chi connectivity index (χ1v) is 9.11. The summed E-state index contributed by atoms with van der Waals surface area (Å²) in [5.41, 5.74) is 2.47. The van der Waals surface area contributed by atoms with Gasteiger partial charge >= 0.3 is 0 Å². The van der Waals surface area contributed by atoms with Crippen LogP contribution in [0.2, 0.25) is 0 Å². The highest BCUT2D eigenvalue weighted by Crippen LogP contribution is 2.40. The second kappa shape index (κ2) is 7.02. The van der Waals surface area contributed by atoms with Crippen LogP contribution in [0.25, 0.3) is 0 Å². The highest BCUT2D eigenvalue weighted by Gasteiger charge is 2.34. The molecule has 0 spiro atoms. The minimum atomic E-state index is -0.326. The number of carbonyl (C=O) groups is 1. The number of hydrogen-bond donors (Lipinski definition) is 1. The first kappa shape index (κ1) is 18.3. The number of carbonyl (C=O) groups excluding carboxylic acids is 1. The number of amides is 1. The van der Waals surface area contributed by atoms with E-state index in [9.17, 15) is 4.79 Å². The average Bonchev–Trinajstić information content (AvgIpc) is 2.53. The molecule has 26 heavy (non-hydrogen) atoms. The smallest absolute Gasteiger partial charge is 0.251 e. The first-order valence-electron chi connectivity index (χ1n) is 9.11. The molecule has 4 heteroatoms. The summed E-state index contributed by atoms with van der Waals surface area (Å²) in [6, 6.07) is 13.3. The Hall–Kier alpha value is -2.49. The Balaban J connectivity index is 1.78. The van der Waals surface area contributed by atoms with Gasteiger partial charge in [-0.2, -0.15) is 0 Å². The van der Waals surface area contributed by atoms with Crippen LogP contribution in [0.5, 0.6) is 11.5 Å². The van der Waals surface area contributed by atoms with Crippen molar-refractivity contribution in [2.24, 2.45) is 0 Å². The van der Waals surface area contributed by atoms with Crippen molar-refractivity contribution in [3.63, 3.8) is 0 Å². The van der Waals surface area contributed by atoms with E-state index in [1.807, 2.05) is 45.0 Å². The molecule has 1 amide bonds. The summed E-state index contributed by atoms with van der Waals surface area (Å²) in [6.07, 6.45) is 0.836. The molecule has 0 fully saturated rings. The summed E-state index contributed by atoms with van der Waals surface area (Å²) >= 11 is 0. The standard InChI is InChI=1S/C22H27NO3/c1-14(2)25-17-9-7-16(8-10-17)21(24)23-19-13-22(4,5)26-20-12-15(3)6-11-18(19)20/h6-12,14,19H,13H2,1-5H3,(H,23,24)/t19-/m1/s1. The third-order valence-corrected chi connectivity index (χ3v) is 4.42. The van der Waals surface area contributed by atoms with Gasteiger partial charge in [-0.3, -0.25) is 4.79 Å². The molecular formula is C22H27NO3. The van der Waals surface area contributed by atoms with Crippen molar-refractivity contribution in [1.29, 1.82) is 0 Å². The Bertz CT molecular complexity index is 794. The molecule has 0 aromatic heterocycles. The zero-order valence-corrected chi connectivity index (χ0v) is 16.1. The van der Waals surface area contributed by atoms with E-state index in [2.05, 4.69) is 25.2 Å². The molecule has 0 aliphatic carbocycles. The maximum Gasteiger partial charge on any atom is 0.251 e. The van der Waals surface area contributed by atoms with Gasteiger partial charge in [-0.05, 0) is 70.5 Å². The van der Waals surface area contributed by atoms with Crippen LogP contribution in [0.3, 0.4) is 0 Å². The highest BCUT2D eigenvalue weighted by molar-refractivity contribution is 5.94. The van der Waals surface area contributed by atoms with Gasteiger partial charge in [0, 0.05) is 17.5 Å². The number of fused-ring (bicyclic) bond motifs is 1. The lowest BCUT2D eigenvalue weighted by Gasteiger charge is -2.38. The van der Waals surface area contributed by atoms with Crippen LogP contribution in [0.15, 0.2) is 42.5 Å². The van der Waals surface area contributed by atoms with Crippen molar-refractivity contribution in [3.8, 4) is 11.5 Å². The quantitative estimate of drug-likeness (QED) is 0.858. The van der Waals surface area contributed by atoms with E-state index >= 15 is 0 Å². The SMILES string of the molecule is Cc1ccc2c(c1)OC(C)(C)C[C@H]2NC(=O)c1ccc(OC(C)C)cc1. The summed E-state index contributed by atoms with van der Waals surface area (Å²) in [5, 5.41) is 3.17. The van der Waals surface area contributed by atoms with Gasteiger partial charge in [-0.1, -0.05) is 12.1 Å². The number of rotatable bonds is 4. The van der Waals surface area contributed by atoms with Crippen LogP contribution >= 0.6 is 0 Å². The van der Waals surface area contributed by atoms with Crippen LogP contribution in [0.1, 0.15) is 61.6 Å². The van der Waals surface area contributed by atoms with Gasteiger partial charge < -0.3 is 14.8 Å². The zero-order chi connectivity index (χ0) is 18.9. The van der Waals surface area contributed by atoms with Gasteiger partial charge in [-0.25, -0.2) is 0 Å². The normalized spacial score (nSPS) is 18.0. The van der Waals surface area contributed by atoms with E-state index in [0.717, 1.165) is 29.0 Å². The Kier molecular flexibility index (Phi) is 4.94. The van der Waals surface area contributed by atoms with E-state index in [1.165, 1.54) is 0 Å². The molecule has 0 saturated carbocycles. The van der Waals surface area contributed by atoms with E-state index in [0.29, 0.717) is 5.56 Å². The minimum absolute atomic E-state index is 0.0755. The van der Waals surface area contributed by atoms with Gasteiger partial charge in [-0.15, -0.1) is 0 Å². The summed E-state index contributed by atoms with van der Waals surface area (Å²) in [6.45, 7) is 10.1. The lowest BCUT2D eigenvalue weighted by Crippen LogP contribution is -2.41. The summed E-state index contributed by atoms with van der Waals surface area (Å²) in [7, 11) is 0. The Morgan fingerprint density at radius 1 is 1.19 bits per heavy atom. The third kappa shape index (κ3) is 4.18. The Morgan fingerprint density at radius 2 is 1.88 bits per heavy atom. The van der Waals surface area contributed by atoms with Crippen LogP contribution in [0, 0.1) is 6.92 Å². The molecule has 1 aliphatic rings. The molecular weight excluding hydrogens is 326 g/mol. The van der Waals surface area contributed by atoms with Crippen molar-refractivity contribution < 1.29 is 14.3 Å². The molecule has 0 radical (unpaired) electrons. The molecule has 1 atom stereocenters. The molecule has 1 N–H and O–H groups in total. The van der Waals surface area contributed by atoms with Gasteiger partial charge in [0.2, 0.25) is 0 Å². The molecule has 1 aliphatic heterocycles. The van der Waals surface area contributed by atoms with Crippen molar-refractivity contribution in [2.45, 2.75) is 58.8 Å². The maximum atomic E-state index is 12.7. The fraction of sp³-hybridized carbons (Fsp3) is 0.409. The van der Waals surface area contributed by atoms with Crippen LogP contribution in [0.4, 0.5) is 0 Å². The second-order valence-corrected chi connectivity index (χ2v) is 7.82. The van der Waals surface area contributed by atoms with Crippen LogP contribution in [-0.4, -0.2) is 17.6 Å². The van der Waals surface area contributed by atoms with Crippen molar-refractivity contribution in [1.82, 2.24) is 5.32 Å². The Labute approximate surface area is 155 Å². The molecule has 2 aromatic carbocycles. The van der Waals surface area contributed by atoms with Gasteiger partial charge in [0.05, 0.1) is 12.1 Å². The van der Waals surface area contributed by atoms with E-state index in [4.69, 9.17) is 9.47 Å². The predicted octanol–water partition coefficient (Wildman–Crippen LogP) is 4.81. The maximum absolute atomic E-state index is 12.7. The fourth-order valence-corrected chi connectivity index (χ4v) is 3.29. The van der Waals surface area contributed by atoms with E-state index in [1.54, 1.807) is 12.1 Å². The summed E-state index contributed by atoms with van der Waals surface area (Å²) in [5.74, 6) is 1.53. The van der Waals surface area contributed by atoms with Crippen LogP contribution < -0.4 is 14.8 Å². The predicted molar refractivity (Wildman–Crippen MR) is 103 cm³/mol. The second-order valence-electron chi connectivity index (χ2n) is 7.82. The minimum Gasteiger partial charge on any atom is -0.491 e. The lowest BCUT2D eigenvalue weighted by atomic mass is 9.89. The molecule has 3 rings (SSSR count).